The van der Waals surface area contributed by atoms with Crippen molar-refractivity contribution in [2.75, 3.05) is 25.0 Å². The molecule has 0 amide bonds. The van der Waals surface area contributed by atoms with Gasteiger partial charge in [0.1, 0.15) is 4.90 Å². The molecule has 0 aliphatic carbocycles. The fourth-order valence-electron chi connectivity index (χ4n) is 2.50. The number of nitrogens with one attached hydrogen (secondary N) is 1. The van der Waals surface area contributed by atoms with Crippen molar-refractivity contribution >= 4 is 16.0 Å². The van der Waals surface area contributed by atoms with Crippen LogP contribution in [0.2, 0.25) is 0 Å². The summed E-state index contributed by atoms with van der Waals surface area (Å²) in [6, 6.07) is 0. The summed E-state index contributed by atoms with van der Waals surface area (Å²) in [6.07, 6.45) is 3.66. The number of hydrogen-bond donors (Lipinski definition) is 1. The van der Waals surface area contributed by atoms with E-state index < -0.39 is 10.0 Å². The summed E-state index contributed by atoms with van der Waals surface area (Å²) in [4.78, 5) is 8.26. The Hall–Kier alpha value is -1.21. The SMILES string of the molecule is CCNc1ncc(S(=O)(=O)N2CCC(C(C)(C)C)C2)cn1. The molecule has 1 N–H and O–H groups in total. The van der Waals surface area contributed by atoms with Crippen molar-refractivity contribution in [3.8, 4) is 0 Å². The molecule has 1 unspecified atom stereocenters. The van der Waals surface area contributed by atoms with Gasteiger partial charge in [-0.1, -0.05) is 20.8 Å². The predicted molar refractivity (Wildman–Crippen MR) is 82.5 cm³/mol. The van der Waals surface area contributed by atoms with Crippen molar-refractivity contribution in [2.24, 2.45) is 11.3 Å². The molecular formula is C14H24N4O2S. The van der Waals surface area contributed by atoms with Crippen LogP contribution in [0, 0.1) is 11.3 Å². The average molecular weight is 312 g/mol. The minimum absolute atomic E-state index is 0.121. The Kier molecular flexibility index (Phi) is 4.53. The van der Waals surface area contributed by atoms with Crippen molar-refractivity contribution in [3.05, 3.63) is 12.4 Å². The van der Waals surface area contributed by atoms with E-state index in [1.165, 1.54) is 12.4 Å². The third kappa shape index (κ3) is 3.52. The first-order valence-electron chi connectivity index (χ1n) is 7.31. The fourth-order valence-corrected chi connectivity index (χ4v) is 3.89. The van der Waals surface area contributed by atoms with Crippen LogP contribution in [0.4, 0.5) is 5.95 Å². The first kappa shape index (κ1) is 16.2. The Morgan fingerprint density at radius 3 is 2.43 bits per heavy atom. The van der Waals surface area contributed by atoms with E-state index in [9.17, 15) is 8.42 Å². The van der Waals surface area contributed by atoms with Gasteiger partial charge in [-0.15, -0.1) is 0 Å². The lowest BCUT2D eigenvalue weighted by molar-refractivity contribution is 0.252. The molecule has 0 radical (unpaired) electrons. The van der Waals surface area contributed by atoms with Crippen LogP contribution < -0.4 is 5.32 Å². The van der Waals surface area contributed by atoms with Gasteiger partial charge in [-0.05, 0) is 24.7 Å². The van der Waals surface area contributed by atoms with Gasteiger partial charge in [-0.3, -0.25) is 0 Å². The zero-order valence-electron chi connectivity index (χ0n) is 13.1. The highest BCUT2D eigenvalue weighted by Gasteiger charge is 2.37. The predicted octanol–water partition coefficient (Wildman–Crippen LogP) is 1.97. The van der Waals surface area contributed by atoms with Crippen LogP contribution in [0.25, 0.3) is 0 Å². The molecule has 0 saturated carbocycles. The number of nitrogens with zero attached hydrogens (tertiary/aromatic N) is 3. The quantitative estimate of drug-likeness (QED) is 0.920. The maximum absolute atomic E-state index is 12.6. The second kappa shape index (κ2) is 5.88. The minimum atomic E-state index is -3.48. The van der Waals surface area contributed by atoms with Crippen molar-refractivity contribution in [2.45, 2.75) is 39.0 Å². The van der Waals surface area contributed by atoms with E-state index in [0.29, 0.717) is 31.5 Å². The molecule has 0 aromatic carbocycles. The van der Waals surface area contributed by atoms with Gasteiger partial charge < -0.3 is 5.32 Å². The monoisotopic (exact) mass is 312 g/mol. The second-order valence-electron chi connectivity index (χ2n) is 6.49. The summed E-state index contributed by atoms with van der Waals surface area (Å²) >= 11 is 0. The molecule has 1 saturated heterocycles. The largest absolute Gasteiger partial charge is 0.355 e. The van der Waals surface area contributed by atoms with Crippen molar-refractivity contribution in [1.82, 2.24) is 14.3 Å². The molecule has 1 aromatic rings. The lowest BCUT2D eigenvalue weighted by Crippen LogP contribution is -2.31. The van der Waals surface area contributed by atoms with Crippen molar-refractivity contribution < 1.29 is 8.42 Å². The van der Waals surface area contributed by atoms with Gasteiger partial charge in [0.15, 0.2) is 0 Å². The molecule has 1 aliphatic rings. The maximum Gasteiger partial charge on any atom is 0.246 e. The number of aromatic nitrogens is 2. The molecule has 1 aromatic heterocycles. The van der Waals surface area contributed by atoms with Crippen LogP contribution in [0.15, 0.2) is 17.3 Å². The molecule has 1 atom stereocenters. The number of sulfonamides is 1. The highest BCUT2D eigenvalue weighted by atomic mass is 32.2. The van der Waals surface area contributed by atoms with Gasteiger partial charge in [0, 0.05) is 19.6 Å². The molecule has 1 fully saturated rings. The van der Waals surface area contributed by atoms with Gasteiger partial charge >= 0.3 is 0 Å². The summed E-state index contributed by atoms with van der Waals surface area (Å²) < 4.78 is 26.8. The van der Waals surface area contributed by atoms with E-state index in [2.05, 4.69) is 36.1 Å². The molecular weight excluding hydrogens is 288 g/mol. The van der Waals surface area contributed by atoms with E-state index in [-0.39, 0.29) is 10.3 Å². The third-order valence-electron chi connectivity index (χ3n) is 3.98. The summed E-state index contributed by atoms with van der Waals surface area (Å²) in [6.45, 7) is 10.2. The highest BCUT2D eigenvalue weighted by molar-refractivity contribution is 7.89. The molecule has 0 bridgehead atoms. The second-order valence-corrected chi connectivity index (χ2v) is 8.43. The third-order valence-corrected chi connectivity index (χ3v) is 5.79. The maximum atomic E-state index is 12.6. The molecule has 7 heteroatoms. The van der Waals surface area contributed by atoms with E-state index >= 15 is 0 Å². The van der Waals surface area contributed by atoms with Crippen LogP contribution in [-0.2, 0) is 10.0 Å². The van der Waals surface area contributed by atoms with Gasteiger partial charge in [0.25, 0.3) is 0 Å². The average Bonchev–Trinajstić information content (AvgIpc) is 2.90. The molecule has 0 spiro atoms. The van der Waals surface area contributed by atoms with Crippen LogP contribution in [0.5, 0.6) is 0 Å². The van der Waals surface area contributed by atoms with Gasteiger partial charge in [-0.25, -0.2) is 18.4 Å². The highest BCUT2D eigenvalue weighted by Crippen LogP contribution is 2.35. The summed E-state index contributed by atoms with van der Waals surface area (Å²) in [7, 11) is -3.48. The molecule has 118 valence electrons. The normalized spacial score (nSPS) is 20.7. The lowest BCUT2D eigenvalue weighted by Gasteiger charge is -2.26. The summed E-state index contributed by atoms with van der Waals surface area (Å²) in [5.74, 6) is 0.833. The van der Waals surface area contributed by atoms with Crippen molar-refractivity contribution in [1.29, 1.82) is 0 Å². The Labute approximate surface area is 127 Å². The smallest absolute Gasteiger partial charge is 0.246 e. The van der Waals surface area contributed by atoms with Gasteiger partial charge in [0.05, 0.1) is 12.4 Å². The minimum Gasteiger partial charge on any atom is -0.355 e. The van der Waals surface area contributed by atoms with Crippen LogP contribution in [0.3, 0.4) is 0 Å². The standard InChI is InChI=1S/C14H24N4O2S/c1-5-15-13-16-8-12(9-17-13)21(19,20)18-7-6-11(10-18)14(2,3)4/h8-9,11H,5-7,10H2,1-4H3,(H,15,16,17). The number of rotatable bonds is 4. The van der Waals surface area contributed by atoms with Crippen molar-refractivity contribution in [3.63, 3.8) is 0 Å². The lowest BCUT2D eigenvalue weighted by atomic mass is 9.80. The molecule has 6 nitrogen and oxygen atoms in total. The summed E-state index contributed by atoms with van der Waals surface area (Å²) in [5, 5.41) is 2.95. The Morgan fingerprint density at radius 1 is 1.33 bits per heavy atom. The van der Waals surface area contributed by atoms with E-state index in [1.54, 1.807) is 4.31 Å². The van der Waals surface area contributed by atoms with Gasteiger partial charge in [-0.2, -0.15) is 4.31 Å². The number of hydrogen-bond acceptors (Lipinski definition) is 5. The summed E-state index contributed by atoms with van der Waals surface area (Å²) in [5.41, 5.74) is 0.121. The van der Waals surface area contributed by atoms with Crippen LogP contribution >= 0.6 is 0 Å². The molecule has 2 rings (SSSR count). The number of anilines is 1. The fraction of sp³-hybridized carbons (Fsp3) is 0.714. The zero-order chi connectivity index (χ0) is 15.7. The Bertz CT molecular complexity index is 578. The molecule has 21 heavy (non-hydrogen) atoms. The van der Waals surface area contributed by atoms with Crippen LogP contribution in [0.1, 0.15) is 34.1 Å². The Morgan fingerprint density at radius 2 is 1.95 bits per heavy atom. The molecule has 2 heterocycles. The van der Waals surface area contributed by atoms with Gasteiger partial charge in [0.2, 0.25) is 16.0 Å². The van der Waals surface area contributed by atoms with Crippen LogP contribution in [-0.4, -0.2) is 42.3 Å². The Balaban J connectivity index is 2.15. The topological polar surface area (TPSA) is 75.2 Å². The first-order chi connectivity index (χ1) is 9.75. The van der Waals surface area contributed by atoms with E-state index in [0.717, 1.165) is 6.42 Å². The zero-order valence-corrected chi connectivity index (χ0v) is 13.9. The molecule has 1 aliphatic heterocycles. The first-order valence-corrected chi connectivity index (χ1v) is 8.75. The van der Waals surface area contributed by atoms with E-state index in [1.807, 2.05) is 6.92 Å². The van der Waals surface area contributed by atoms with E-state index in [4.69, 9.17) is 0 Å².